The van der Waals surface area contributed by atoms with Crippen LogP contribution in [0.25, 0.3) is 71.3 Å². The quantitative estimate of drug-likeness (QED) is 0.161. The van der Waals surface area contributed by atoms with E-state index in [-0.39, 0.29) is 0 Å². The second kappa shape index (κ2) is 12.5. The van der Waals surface area contributed by atoms with Crippen molar-refractivity contribution in [2.45, 2.75) is 0 Å². The molecule has 0 spiro atoms. The molecule has 0 bridgehead atoms. The van der Waals surface area contributed by atoms with Crippen molar-refractivity contribution in [3.63, 3.8) is 0 Å². The van der Waals surface area contributed by atoms with Gasteiger partial charge in [0.2, 0.25) is 0 Å². The Morgan fingerprint density at radius 2 is 0.615 bits per heavy atom. The maximum absolute atomic E-state index is 2.47. The lowest BCUT2D eigenvalue weighted by atomic mass is 9.89. The highest BCUT2D eigenvalue weighted by molar-refractivity contribution is 6.20. The number of hydrogen-bond acceptors (Lipinski definition) is 1. The fourth-order valence-electron chi connectivity index (χ4n) is 8.05. The zero-order valence-electron chi connectivity index (χ0n) is 28.5. The van der Waals surface area contributed by atoms with Crippen molar-refractivity contribution in [2.75, 3.05) is 4.90 Å². The minimum atomic E-state index is 1.12. The summed E-state index contributed by atoms with van der Waals surface area (Å²) < 4.78 is 2.47. The molecule has 10 rings (SSSR count). The van der Waals surface area contributed by atoms with Gasteiger partial charge in [0.15, 0.2) is 0 Å². The molecular weight excluding hydrogens is 629 g/mol. The van der Waals surface area contributed by atoms with Crippen LogP contribution in [0.4, 0.5) is 17.1 Å². The second-order valence-corrected chi connectivity index (χ2v) is 13.3. The van der Waals surface area contributed by atoms with Gasteiger partial charge in [-0.2, -0.15) is 0 Å². The number of rotatable bonds is 6. The van der Waals surface area contributed by atoms with Gasteiger partial charge < -0.3 is 9.47 Å². The average Bonchev–Trinajstić information content (AvgIpc) is 3.55. The molecule has 0 saturated carbocycles. The summed E-state index contributed by atoms with van der Waals surface area (Å²) in [4.78, 5) is 2.30. The van der Waals surface area contributed by atoms with Crippen LogP contribution in [0.3, 0.4) is 0 Å². The summed E-state index contributed by atoms with van der Waals surface area (Å²) in [7, 11) is 0. The van der Waals surface area contributed by atoms with E-state index >= 15 is 0 Å². The zero-order valence-corrected chi connectivity index (χ0v) is 28.5. The van der Waals surface area contributed by atoms with Gasteiger partial charge in [0.05, 0.1) is 16.7 Å². The van der Waals surface area contributed by atoms with Gasteiger partial charge in [0.25, 0.3) is 0 Å². The molecule has 0 N–H and O–H groups in total. The molecule has 0 amide bonds. The van der Waals surface area contributed by atoms with Crippen molar-refractivity contribution in [1.82, 2.24) is 4.57 Å². The van der Waals surface area contributed by atoms with E-state index in [0.717, 1.165) is 17.1 Å². The second-order valence-electron chi connectivity index (χ2n) is 13.3. The number of benzene rings is 9. The molecule has 0 aliphatic rings. The monoisotopic (exact) mass is 662 g/mol. The molecule has 0 saturated heterocycles. The van der Waals surface area contributed by atoms with E-state index in [1.54, 1.807) is 0 Å². The standard InChI is InChI=1S/C50H34N2/c1-3-15-38(16-4-1)51(39-17-5-2-6-18-39)40-33-31-36(32-34-40)35-27-29-37(30-28-35)49-43-21-7-9-23-45(43)50(46-24-10-8-22-44(46)49)52-47-25-13-11-19-41(47)42-20-12-14-26-48(42)52/h1-34H. The molecule has 9 aromatic carbocycles. The molecule has 10 aromatic rings. The first-order valence-corrected chi connectivity index (χ1v) is 17.9. The average molecular weight is 663 g/mol. The van der Waals surface area contributed by atoms with Gasteiger partial charge in [0, 0.05) is 38.6 Å². The van der Waals surface area contributed by atoms with Crippen molar-refractivity contribution in [1.29, 1.82) is 0 Å². The molecule has 52 heavy (non-hydrogen) atoms. The van der Waals surface area contributed by atoms with Gasteiger partial charge in [-0.25, -0.2) is 0 Å². The Labute approximate surface area is 303 Å². The Balaban J connectivity index is 1.09. The van der Waals surface area contributed by atoms with Crippen LogP contribution < -0.4 is 4.90 Å². The first-order valence-electron chi connectivity index (χ1n) is 17.9. The largest absolute Gasteiger partial charge is 0.311 e. The first-order chi connectivity index (χ1) is 25.8. The Kier molecular flexibility index (Phi) is 7.18. The van der Waals surface area contributed by atoms with Gasteiger partial charge in [-0.05, 0) is 81.6 Å². The SMILES string of the molecule is c1ccc(N(c2ccccc2)c2ccc(-c3ccc(-c4c5ccccc5c(-n5c6ccccc6c6ccccc65)c5ccccc45)cc3)cc2)cc1. The number of nitrogens with zero attached hydrogens (tertiary/aromatic N) is 2. The van der Waals surface area contributed by atoms with E-state index in [2.05, 4.69) is 216 Å². The molecule has 2 heteroatoms. The molecule has 0 unspecified atom stereocenters. The fourth-order valence-corrected chi connectivity index (χ4v) is 8.05. The lowest BCUT2D eigenvalue weighted by Gasteiger charge is -2.25. The molecule has 244 valence electrons. The van der Waals surface area contributed by atoms with Crippen LogP contribution in [-0.2, 0) is 0 Å². The van der Waals surface area contributed by atoms with E-state index in [0.29, 0.717) is 0 Å². The van der Waals surface area contributed by atoms with Gasteiger partial charge in [-0.15, -0.1) is 0 Å². The van der Waals surface area contributed by atoms with E-state index in [1.165, 1.54) is 71.3 Å². The van der Waals surface area contributed by atoms with Crippen molar-refractivity contribution >= 4 is 60.4 Å². The lowest BCUT2D eigenvalue weighted by molar-refractivity contribution is 1.21. The fraction of sp³-hybridized carbons (Fsp3) is 0. The molecule has 0 radical (unpaired) electrons. The summed E-state index contributed by atoms with van der Waals surface area (Å²) in [6.07, 6.45) is 0. The number of aromatic nitrogens is 1. The molecule has 2 nitrogen and oxygen atoms in total. The Hall–Kier alpha value is -6.90. The van der Waals surface area contributed by atoms with Crippen molar-refractivity contribution in [3.8, 4) is 27.9 Å². The minimum Gasteiger partial charge on any atom is -0.311 e. The Morgan fingerprint density at radius 3 is 1.10 bits per heavy atom. The summed E-state index contributed by atoms with van der Waals surface area (Å²) in [5, 5.41) is 7.51. The molecule has 1 heterocycles. The summed E-state index contributed by atoms with van der Waals surface area (Å²) >= 11 is 0. The van der Waals surface area contributed by atoms with Crippen LogP contribution in [0, 0.1) is 0 Å². The van der Waals surface area contributed by atoms with E-state index in [9.17, 15) is 0 Å². The van der Waals surface area contributed by atoms with Gasteiger partial charge in [0.1, 0.15) is 0 Å². The van der Waals surface area contributed by atoms with E-state index in [4.69, 9.17) is 0 Å². The predicted molar refractivity (Wildman–Crippen MR) is 221 cm³/mol. The van der Waals surface area contributed by atoms with Gasteiger partial charge >= 0.3 is 0 Å². The van der Waals surface area contributed by atoms with E-state index in [1.807, 2.05) is 0 Å². The maximum atomic E-state index is 2.47. The van der Waals surface area contributed by atoms with Crippen LogP contribution in [0.2, 0.25) is 0 Å². The first kappa shape index (κ1) is 30.0. The predicted octanol–water partition coefficient (Wildman–Crippen LogP) is 13.9. The molecule has 0 aliphatic carbocycles. The van der Waals surface area contributed by atoms with E-state index < -0.39 is 0 Å². The van der Waals surface area contributed by atoms with Gasteiger partial charge in [-0.3, -0.25) is 0 Å². The third-order valence-corrected chi connectivity index (χ3v) is 10.4. The lowest BCUT2D eigenvalue weighted by Crippen LogP contribution is -2.09. The number of fused-ring (bicyclic) bond motifs is 5. The van der Waals surface area contributed by atoms with Crippen molar-refractivity contribution in [2.24, 2.45) is 0 Å². The molecular formula is C50H34N2. The third-order valence-electron chi connectivity index (χ3n) is 10.4. The maximum Gasteiger partial charge on any atom is 0.0619 e. The van der Waals surface area contributed by atoms with Crippen LogP contribution in [0.1, 0.15) is 0 Å². The highest BCUT2D eigenvalue weighted by Gasteiger charge is 2.20. The summed E-state index contributed by atoms with van der Waals surface area (Å²) in [6.45, 7) is 0. The zero-order chi connectivity index (χ0) is 34.4. The molecule has 1 aromatic heterocycles. The normalized spacial score (nSPS) is 11.5. The van der Waals surface area contributed by atoms with Crippen LogP contribution in [-0.4, -0.2) is 4.57 Å². The van der Waals surface area contributed by atoms with Crippen molar-refractivity contribution < 1.29 is 0 Å². The Morgan fingerprint density at radius 1 is 0.269 bits per heavy atom. The number of para-hydroxylation sites is 4. The van der Waals surface area contributed by atoms with Crippen LogP contribution in [0.15, 0.2) is 206 Å². The topological polar surface area (TPSA) is 8.17 Å². The third kappa shape index (κ3) is 4.88. The van der Waals surface area contributed by atoms with Crippen LogP contribution in [0.5, 0.6) is 0 Å². The summed E-state index contributed by atoms with van der Waals surface area (Å²) in [5.41, 5.74) is 11.9. The Bertz CT molecular complexity index is 2720. The smallest absolute Gasteiger partial charge is 0.0619 e. The summed E-state index contributed by atoms with van der Waals surface area (Å²) in [5.74, 6) is 0. The molecule has 0 fully saturated rings. The summed E-state index contributed by atoms with van der Waals surface area (Å²) in [6, 6.07) is 74.5. The highest BCUT2D eigenvalue weighted by Crippen LogP contribution is 2.44. The number of hydrogen-bond donors (Lipinski definition) is 0. The number of anilines is 3. The van der Waals surface area contributed by atoms with Crippen LogP contribution >= 0.6 is 0 Å². The highest BCUT2D eigenvalue weighted by atomic mass is 15.1. The molecule has 0 atom stereocenters. The van der Waals surface area contributed by atoms with Crippen molar-refractivity contribution in [3.05, 3.63) is 206 Å². The molecule has 0 aliphatic heterocycles. The minimum absolute atomic E-state index is 1.12. The van der Waals surface area contributed by atoms with Gasteiger partial charge in [-0.1, -0.05) is 158 Å².